The van der Waals surface area contributed by atoms with Gasteiger partial charge in [0.25, 0.3) is 5.91 Å². The van der Waals surface area contributed by atoms with Crippen molar-refractivity contribution < 1.29 is 9.53 Å². The zero-order valence-corrected chi connectivity index (χ0v) is 20.7. The number of piperidine rings is 1. The Morgan fingerprint density at radius 1 is 0.714 bits per heavy atom. The highest BCUT2D eigenvalue weighted by molar-refractivity contribution is 6.07. The van der Waals surface area contributed by atoms with Gasteiger partial charge in [0, 0.05) is 44.8 Å². The minimum absolute atomic E-state index is 0.150. The molecule has 5 rings (SSSR count). The predicted molar refractivity (Wildman–Crippen MR) is 142 cm³/mol. The van der Waals surface area contributed by atoms with Crippen molar-refractivity contribution in [2.75, 3.05) is 59.0 Å². The SMILES string of the molecule is O=C(c1cccc2ccccc12)N1CCN(CCc2ccc(OCCN3CCCCC3)cc2)CC1. The van der Waals surface area contributed by atoms with Crippen LogP contribution in [0.15, 0.2) is 66.7 Å². The van der Waals surface area contributed by atoms with Crippen molar-refractivity contribution in [1.29, 1.82) is 0 Å². The predicted octanol–water partition coefficient (Wildman–Crippen LogP) is 4.71. The second kappa shape index (κ2) is 11.7. The van der Waals surface area contributed by atoms with Gasteiger partial charge in [-0.1, -0.05) is 55.0 Å². The molecule has 3 aromatic rings. The van der Waals surface area contributed by atoms with Gasteiger partial charge in [0.2, 0.25) is 0 Å². The smallest absolute Gasteiger partial charge is 0.254 e. The number of hydrogen-bond donors (Lipinski definition) is 0. The van der Waals surface area contributed by atoms with Gasteiger partial charge in [0.05, 0.1) is 0 Å². The summed E-state index contributed by atoms with van der Waals surface area (Å²) in [5, 5.41) is 2.16. The van der Waals surface area contributed by atoms with Crippen molar-refractivity contribution in [3.8, 4) is 5.75 Å². The summed E-state index contributed by atoms with van der Waals surface area (Å²) in [5.74, 6) is 1.11. The van der Waals surface area contributed by atoms with E-state index in [2.05, 4.69) is 46.2 Å². The molecule has 35 heavy (non-hydrogen) atoms. The van der Waals surface area contributed by atoms with Crippen molar-refractivity contribution in [3.63, 3.8) is 0 Å². The van der Waals surface area contributed by atoms with Gasteiger partial charge in [0.1, 0.15) is 12.4 Å². The van der Waals surface area contributed by atoms with Gasteiger partial charge in [-0.3, -0.25) is 14.6 Å². The number of hydrogen-bond acceptors (Lipinski definition) is 4. The van der Waals surface area contributed by atoms with E-state index >= 15 is 0 Å². The fraction of sp³-hybridized carbons (Fsp3) is 0.433. The first-order valence-electron chi connectivity index (χ1n) is 13.2. The number of rotatable bonds is 8. The molecule has 0 aliphatic carbocycles. The third kappa shape index (κ3) is 6.22. The highest BCUT2D eigenvalue weighted by Gasteiger charge is 2.23. The van der Waals surface area contributed by atoms with Gasteiger partial charge in [-0.25, -0.2) is 0 Å². The number of piperazine rings is 1. The third-order valence-electron chi connectivity index (χ3n) is 7.44. The lowest BCUT2D eigenvalue weighted by Crippen LogP contribution is -2.49. The summed E-state index contributed by atoms with van der Waals surface area (Å²) in [5.41, 5.74) is 2.15. The molecule has 3 aromatic carbocycles. The quantitative estimate of drug-likeness (QED) is 0.477. The Balaban J connectivity index is 1.05. The summed E-state index contributed by atoms with van der Waals surface area (Å²) in [6.45, 7) is 8.66. The molecule has 5 nitrogen and oxygen atoms in total. The summed E-state index contributed by atoms with van der Waals surface area (Å²) in [7, 11) is 0. The van der Waals surface area contributed by atoms with Crippen LogP contribution in [0.5, 0.6) is 5.75 Å². The van der Waals surface area contributed by atoms with Crippen LogP contribution < -0.4 is 4.74 Å². The third-order valence-corrected chi connectivity index (χ3v) is 7.44. The first-order chi connectivity index (χ1) is 17.3. The summed E-state index contributed by atoms with van der Waals surface area (Å²) < 4.78 is 5.97. The van der Waals surface area contributed by atoms with E-state index in [1.807, 2.05) is 35.2 Å². The number of nitrogens with zero attached hydrogens (tertiary/aromatic N) is 3. The van der Waals surface area contributed by atoms with E-state index in [9.17, 15) is 4.79 Å². The Labute approximate surface area is 209 Å². The Morgan fingerprint density at radius 2 is 1.43 bits per heavy atom. The topological polar surface area (TPSA) is 36.0 Å². The second-order valence-electron chi connectivity index (χ2n) is 9.81. The first-order valence-corrected chi connectivity index (χ1v) is 13.2. The van der Waals surface area contributed by atoms with E-state index in [1.54, 1.807) is 0 Å². The van der Waals surface area contributed by atoms with Crippen LogP contribution >= 0.6 is 0 Å². The monoisotopic (exact) mass is 471 g/mol. The van der Waals surface area contributed by atoms with E-state index in [0.717, 1.165) is 74.4 Å². The van der Waals surface area contributed by atoms with Gasteiger partial charge >= 0.3 is 0 Å². The number of ether oxygens (including phenoxy) is 1. The van der Waals surface area contributed by atoms with Gasteiger partial charge in [0.15, 0.2) is 0 Å². The van der Waals surface area contributed by atoms with Gasteiger partial charge < -0.3 is 9.64 Å². The van der Waals surface area contributed by atoms with Crippen molar-refractivity contribution in [2.45, 2.75) is 25.7 Å². The highest BCUT2D eigenvalue weighted by atomic mass is 16.5. The summed E-state index contributed by atoms with van der Waals surface area (Å²) in [6, 6.07) is 22.7. The molecule has 2 aliphatic heterocycles. The van der Waals surface area contributed by atoms with Gasteiger partial charge in [-0.15, -0.1) is 0 Å². The fourth-order valence-electron chi connectivity index (χ4n) is 5.27. The molecule has 2 aliphatic rings. The van der Waals surface area contributed by atoms with Crippen molar-refractivity contribution in [1.82, 2.24) is 14.7 Å². The molecule has 0 radical (unpaired) electrons. The molecule has 184 valence electrons. The van der Waals surface area contributed by atoms with Crippen LogP contribution in [0.4, 0.5) is 0 Å². The molecule has 0 unspecified atom stereocenters. The Hall–Kier alpha value is -2.89. The van der Waals surface area contributed by atoms with Crippen LogP contribution in [-0.2, 0) is 6.42 Å². The average molecular weight is 472 g/mol. The lowest BCUT2D eigenvalue weighted by molar-refractivity contribution is 0.0640. The lowest BCUT2D eigenvalue weighted by Gasteiger charge is -2.35. The molecular formula is C30H37N3O2. The van der Waals surface area contributed by atoms with Crippen LogP contribution in [0, 0.1) is 0 Å². The van der Waals surface area contributed by atoms with Crippen LogP contribution in [0.1, 0.15) is 35.2 Å². The Morgan fingerprint density at radius 3 is 2.23 bits per heavy atom. The number of carbonyl (C=O) groups excluding carboxylic acids is 1. The Kier molecular flexibility index (Phi) is 7.96. The number of benzene rings is 3. The normalized spacial score (nSPS) is 17.5. The second-order valence-corrected chi connectivity index (χ2v) is 9.81. The molecule has 0 aromatic heterocycles. The number of amides is 1. The molecule has 5 heteroatoms. The number of carbonyl (C=O) groups is 1. The summed E-state index contributed by atoms with van der Waals surface area (Å²) >= 11 is 0. The first kappa shape index (κ1) is 23.8. The number of fused-ring (bicyclic) bond motifs is 1. The molecule has 0 spiro atoms. The van der Waals surface area contributed by atoms with E-state index in [4.69, 9.17) is 4.74 Å². The van der Waals surface area contributed by atoms with Crippen LogP contribution in [0.2, 0.25) is 0 Å². The van der Waals surface area contributed by atoms with Crippen molar-refractivity contribution >= 4 is 16.7 Å². The lowest BCUT2D eigenvalue weighted by atomic mass is 10.0. The average Bonchev–Trinajstić information content (AvgIpc) is 2.93. The molecule has 2 fully saturated rings. The fourth-order valence-corrected chi connectivity index (χ4v) is 5.27. The highest BCUT2D eigenvalue weighted by Crippen LogP contribution is 2.21. The largest absolute Gasteiger partial charge is 0.492 e. The molecule has 2 saturated heterocycles. The summed E-state index contributed by atoms with van der Waals surface area (Å²) in [4.78, 5) is 20.2. The van der Waals surface area contributed by atoms with Crippen molar-refractivity contribution in [3.05, 3.63) is 77.9 Å². The zero-order chi connectivity index (χ0) is 23.9. The maximum atomic E-state index is 13.2. The molecule has 0 atom stereocenters. The molecule has 1 amide bonds. The van der Waals surface area contributed by atoms with Crippen LogP contribution in [0.25, 0.3) is 10.8 Å². The molecule has 0 bridgehead atoms. The van der Waals surface area contributed by atoms with E-state index in [0.29, 0.717) is 0 Å². The maximum Gasteiger partial charge on any atom is 0.254 e. The molecule has 0 saturated carbocycles. The van der Waals surface area contributed by atoms with Crippen LogP contribution in [-0.4, -0.2) is 79.6 Å². The molecule has 0 N–H and O–H groups in total. The van der Waals surface area contributed by atoms with Gasteiger partial charge in [-0.05, 0) is 66.9 Å². The van der Waals surface area contributed by atoms with E-state index in [1.165, 1.54) is 37.9 Å². The Bertz CT molecular complexity index is 1090. The number of likely N-dealkylation sites (tertiary alicyclic amines) is 1. The standard InChI is InChI=1S/C30H37N3O2/c34-30(29-10-6-8-26-7-2-3-9-28(26)29)33-21-19-32(20-22-33)18-15-25-11-13-27(14-12-25)35-24-23-31-16-4-1-5-17-31/h2-3,6-14H,1,4-5,15-24H2. The van der Waals surface area contributed by atoms with Crippen LogP contribution in [0.3, 0.4) is 0 Å². The maximum absolute atomic E-state index is 13.2. The van der Waals surface area contributed by atoms with Crippen molar-refractivity contribution in [2.24, 2.45) is 0 Å². The zero-order valence-electron chi connectivity index (χ0n) is 20.7. The molecule has 2 heterocycles. The minimum Gasteiger partial charge on any atom is -0.492 e. The molecular weight excluding hydrogens is 434 g/mol. The van der Waals surface area contributed by atoms with Gasteiger partial charge in [-0.2, -0.15) is 0 Å². The minimum atomic E-state index is 0.150. The van der Waals surface area contributed by atoms with E-state index < -0.39 is 0 Å². The summed E-state index contributed by atoms with van der Waals surface area (Å²) in [6.07, 6.45) is 5.04. The van der Waals surface area contributed by atoms with E-state index in [-0.39, 0.29) is 5.91 Å².